The van der Waals surface area contributed by atoms with E-state index in [9.17, 15) is 0 Å². The van der Waals surface area contributed by atoms with Crippen molar-refractivity contribution in [1.82, 2.24) is 4.90 Å². The van der Waals surface area contributed by atoms with Gasteiger partial charge in [0.2, 0.25) is 0 Å². The van der Waals surface area contributed by atoms with Gasteiger partial charge in [-0.25, -0.2) is 0 Å². The van der Waals surface area contributed by atoms with E-state index in [0.717, 1.165) is 23.9 Å². The van der Waals surface area contributed by atoms with Gasteiger partial charge >= 0.3 is 0 Å². The summed E-state index contributed by atoms with van der Waals surface area (Å²) in [6.45, 7) is 12.6. The van der Waals surface area contributed by atoms with Crippen molar-refractivity contribution >= 4 is 34.4 Å². The summed E-state index contributed by atoms with van der Waals surface area (Å²) < 4.78 is 0. The average molecular weight is 419 g/mol. The van der Waals surface area contributed by atoms with Crippen molar-refractivity contribution in [3.8, 4) is 0 Å². The van der Waals surface area contributed by atoms with Crippen LogP contribution >= 0.6 is 23.6 Å². The highest BCUT2D eigenvalue weighted by atomic mass is 32.1. The summed E-state index contributed by atoms with van der Waals surface area (Å²) in [5, 5.41) is 6.44. The van der Waals surface area contributed by atoms with Crippen molar-refractivity contribution in [3.63, 3.8) is 0 Å². The topological polar surface area (TPSA) is 24.2 Å². The van der Waals surface area contributed by atoms with Crippen LogP contribution in [0.2, 0.25) is 0 Å². The number of likely N-dealkylation sites (N-methyl/N-ethyl adjacent to an activating group) is 1. The summed E-state index contributed by atoms with van der Waals surface area (Å²) in [5.41, 5.74) is 3.68. The Bertz CT molecular complexity index is 752. The molecule has 0 aliphatic carbocycles. The molecule has 28 heavy (non-hydrogen) atoms. The molecule has 3 rings (SSSR count). The number of thiocarbonyl (C=S) groups is 1. The normalized spacial score (nSPS) is 19.4. The Balaban J connectivity index is 1.57. The van der Waals surface area contributed by atoms with Crippen molar-refractivity contribution in [2.45, 2.75) is 26.8 Å². The Morgan fingerprint density at radius 3 is 2.61 bits per heavy atom. The summed E-state index contributed by atoms with van der Waals surface area (Å²) in [6.07, 6.45) is 1.18. The molecular formula is C22H34N4S2+2. The zero-order valence-corrected chi connectivity index (χ0v) is 19.0. The molecule has 1 aromatic heterocycles. The van der Waals surface area contributed by atoms with E-state index in [-0.39, 0.29) is 0 Å². The summed E-state index contributed by atoms with van der Waals surface area (Å²) in [7, 11) is 2.30. The largest absolute Gasteiger partial charge is 0.344 e. The third-order valence-electron chi connectivity index (χ3n) is 5.74. The maximum Gasteiger partial charge on any atom is 0.173 e. The highest BCUT2D eigenvalue weighted by Crippen LogP contribution is 2.17. The second kappa shape index (κ2) is 10.3. The van der Waals surface area contributed by atoms with E-state index in [0.29, 0.717) is 0 Å². The van der Waals surface area contributed by atoms with Gasteiger partial charge < -0.3 is 20.0 Å². The number of anilines is 1. The minimum Gasteiger partial charge on any atom is -0.344 e. The van der Waals surface area contributed by atoms with Gasteiger partial charge in [-0.1, -0.05) is 12.1 Å². The molecule has 1 fully saturated rings. The number of rotatable bonds is 7. The van der Waals surface area contributed by atoms with Crippen molar-refractivity contribution < 1.29 is 9.80 Å². The molecule has 0 radical (unpaired) electrons. The van der Waals surface area contributed by atoms with Gasteiger partial charge in [-0.2, -0.15) is 0 Å². The number of nitrogens with zero attached hydrogens (tertiary/aromatic N) is 1. The van der Waals surface area contributed by atoms with E-state index < -0.39 is 0 Å². The molecule has 1 aliphatic heterocycles. The SMILES string of the molecule is Cc1ccc(NC(=S)N(CCC[NH+]2CC[NH+](C)CC2)Cc2cccs2)cc1C. The molecule has 0 spiro atoms. The molecule has 2 aromatic rings. The van der Waals surface area contributed by atoms with Gasteiger partial charge in [-0.3, -0.25) is 0 Å². The highest BCUT2D eigenvalue weighted by molar-refractivity contribution is 7.80. The van der Waals surface area contributed by atoms with Gasteiger partial charge in [0, 0.05) is 23.5 Å². The summed E-state index contributed by atoms with van der Waals surface area (Å²) in [4.78, 5) is 7.10. The van der Waals surface area contributed by atoms with Crippen molar-refractivity contribution in [2.75, 3.05) is 51.6 Å². The van der Waals surface area contributed by atoms with Gasteiger partial charge in [0.25, 0.3) is 0 Å². The monoisotopic (exact) mass is 418 g/mol. The third kappa shape index (κ3) is 6.27. The van der Waals surface area contributed by atoms with Crippen molar-refractivity contribution in [2.24, 2.45) is 0 Å². The van der Waals surface area contributed by atoms with Crippen molar-refractivity contribution in [3.05, 3.63) is 51.7 Å². The first kappa shape index (κ1) is 21.2. The minimum atomic E-state index is 0.828. The van der Waals surface area contributed by atoms with Gasteiger partial charge in [0.15, 0.2) is 5.11 Å². The van der Waals surface area contributed by atoms with Crippen LogP contribution in [0.4, 0.5) is 5.69 Å². The van der Waals surface area contributed by atoms with Crippen molar-refractivity contribution in [1.29, 1.82) is 0 Å². The second-order valence-corrected chi connectivity index (χ2v) is 9.46. The van der Waals surface area contributed by atoms with Gasteiger partial charge in [-0.15, -0.1) is 11.3 Å². The fraction of sp³-hybridized carbons (Fsp3) is 0.500. The number of nitrogens with one attached hydrogen (secondary N) is 3. The number of aryl methyl sites for hydroxylation is 2. The van der Waals surface area contributed by atoms with E-state index in [4.69, 9.17) is 12.2 Å². The first-order valence-corrected chi connectivity index (χ1v) is 11.6. The predicted octanol–water partition coefficient (Wildman–Crippen LogP) is 1.37. The van der Waals surface area contributed by atoms with E-state index >= 15 is 0 Å². The van der Waals surface area contributed by atoms with Crippen LogP contribution in [0.15, 0.2) is 35.7 Å². The van der Waals surface area contributed by atoms with Crippen LogP contribution in [0, 0.1) is 13.8 Å². The quantitative estimate of drug-likeness (QED) is 0.592. The second-order valence-electron chi connectivity index (χ2n) is 8.04. The highest BCUT2D eigenvalue weighted by Gasteiger charge is 2.20. The Hall–Kier alpha value is -1.47. The first-order chi connectivity index (χ1) is 13.5. The van der Waals surface area contributed by atoms with Crippen LogP contribution in [-0.2, 0) is 6.54 Å². The van der Waals surface area contributed by atoms with Gasteiger partial charge in [0.05, 0.1) is 20.1 Å². The number of thiophene rings is 1. The van der Waals surface area contributed by atoms with E-state index in [1.54, 1.807) is 21.1 Å². The lowest BCUT2D eigenvalue weighted by Crippen LogP contribution is -3.27. The molecule has 1 saturated heterocycles. The van der Waals surface area contributed by atoms with Gasteiger partial charge in [-0.05, 0) is 60.8 Å². The molecule has 2 heterocycles. The molecule has 0 bridgehead atoms. The molecular weight excluding hydrogens is 384 g/mol. The fourth-order valence-electron chi connectivity index (χ4n) is 3.67. The molecule has 0 saturated carbocycles. The molecule has 4 nitrogen and oxygen atoms in total. The first-order valence-electron chi connectivity index (χ1n) is 10.3. The maximum absolute atomic E-state index is 5.80. The van der Waals surface area contributed by atoms with Crippen LogP contribution in [-0.4, -0.2) is 56.3 Å². The maximum atomic E-state index is 5.80. The smallest absolute Gasteiger partial charge is 0.173 e. The van der Waals surface area contributed by atoms with E-state index in [2.05, 4.69) is 66.8 Å². The minimum absolute atomic E-state index is 0.828. The molecule has 1 aromatic carbocycles. The van der Waals surface area contributed by atoms with Crippen LogP contribution < -0.4 is 15.1 Å². The van der Waals surface area contributed by atoms with E-state index in [1.807, 2.05) is 0 Å². The van der Waals surface area contributed by atoms with Crippen LogP contribution in [0.5, 0.6) is 0 Å². The summed E-state index contributed by atoms with van der Waals surface area (Å²) in [6, 6.07) is 10.8. The van der Waals surface area contributed by atoms with E-state index in [1.165, 1.54) is 55.1 Å². The predicted molar refractivity (Wildman–Crippen MR) is 124 cm³/mol. The van der Waals surface area contributed by atoms with Crippen LogP contribution in [0.3, 0.4) is 0 Å². The summed E-state index contributed by atoms with van der Waals surface area (Å²) >= 11 is 7.61. The third-order valence-corrected chi connectivity index (χ3v) is 6.96. The Labute approximate surface area is 179 Å². The van der Waals surface area contributed by atoms with Crippen LogP contribution in [0.1, 0.15) is 22.4 Å². The Morgan fingerprint density at radius 2 is 1.93 bits per heavy atom. The number of quaternary nitrogens is 2. The standard InChI is InChI=1S/C22H32N4S2/c1-18-7-8-20(16-19(18)2)23-22(27)26(17-21-6-4-15-28-21)10-5-9-25-13-11-24(3)12-14-25/h4,6-8,15-16H,5,9-14,17H2,1-3H3,(H,23,27)/p+2. The average Bonchev–Trinajstić information content (AvgIpc) is 3.18. The molecule has 1 aliphatic rings. The number of hydrogen-bond acceptors (Lipinski definition) is 2. The zero-order chi connectivity index (χ0) is 19.9. The summed E-state index contributed by atoms with van der Waals surface area (Å²) in [5.74, 6) is 0. The number of piperazine rings is 1. The van der Waals surface area contributed by atoms with Gasteiger partial charge in [0.1, 0.15) is 26.2 Å². The molecule has 0 atom stereocenters. The Morgan fingerprint density at radius 1 is 1.14 bits per heavy atom. The molecule has 3 N–H and O–H groups in total. The fourth-order valence-corrected chi connectivity index (χ4v) is 4.66. The lowest BCUT2D eigenvalue weighted by molar-refractivity contribution is -1.00. The molecule has 0 unspecified atom stereocenters. The molecule has 6 heteroatoms. The van der Waals surface area contributed by atoms with Crippen LogP contribution in [0.25, 0.3) is 0 Å². The lowest BCUT2D eigenvalue weighted by atomic mass is 10.1. The molecule has 152 valence electrons. The lowest BCUT2D eigenvalue weighted by Gasteiger charge is -2.29. The number of benzene rings is 1. The molecule has 0 amide bonds. The zero-order valence-electron chi connectivity index (χ0n) is 17.4. The number of hydrogen-bond donors (Lipinski definition) is 3. The Kier molecular flexibility index (Phi) is 7.85.